The molecule has 0 unspecified atom stereocenters. The van der Waals surface area contributed by atoms with Crippen molar-refractivity contribution in [3.63, 3.8) is 0 Å². The molecular formula is C8H10N2O3. The Morgan fingerprint density at radius 2 is 2.08 bits per heavy atom. The maximum atomic E-state index is 10.6. The van der Waals surface area contributed by atoms with Crippen molar-refractivity contribution in [2.24, 2.45) is 0 Å². The lowest BCUT2D eigenvalue weighted by Gasteiger charge is -2.12. The van der Waals surface area contributed by atoms with Gasteiger partial charge in [-0.15, -0.1) is 0 Å². The van der Waals surface area contributed by atoms with Crippen molar-refractivity contribution < 1.29 is 10.0 Å². The quantitative estimate of drug-likeness (QED) is 0.554. The van der Waals surface area contributed by atoms with E-state index < -0.39 is 4.92 Å². The number of aromatic hydroxyl groups is 1. The number of benzene rings is 1. The van der Waals surface area contributed by atoms with E-state index in [0.717, 1.165) is 0 Å². The van der Waals surface area contributed by atoms with Gasteiger partial charge in [0.25, 0.3) is 0 Å². The highest BCUT2D eigenvalue weighted by Crippen LogP contribution is 2.34. The molecule has 0 aliphatic rings. The molecule has 0 saturated carbocycles. The maximum Gasteiger partial charge on any atom is 0.333 e. The molecule has 1 N–H and O–H groups in total. The van der Waals surface area contributed by atoms with Crippen molar-refractivity contribution in [2.45, 2.75) is 0 Å². The van der Waals surface area contributed by atoms with Crippen LogP contribution in [-0.4, -0.2) is 24.1 Å². The van der Waals surface area contributed by atoms with Gasteiger partial charge in [-0.25, -0.2) is 0 Å². The number of hydrogen-bond acceptors (Lipinski definition) is 4. The van der Waals surface area contributed by atoms with E-state index in [-0.39, 0.29) is 11.4 Å². The molecule has 5 heteroatoms. The van der Waals surface area contributed by atoms with Crippen molar-refractivity contribution in [3.8, 4) is 5.75 Å². The Balaban J connectivity index is 3.34. The number of nitrogens with zero attached hydrogens (tertiary/aromatic N) is 2. The number of nitro groups is 1. The second-order valence-electron chi connectivity index (χ2n) is 2.80. The van der Waals surface area contributed by atoms with Crippen LogP contribution in [0.25, 0.3) is 0 Å². The SMILES string of the molecule is CN(C)c1cccc(O)c1[N+](=O)[O-]. The van der Waals surface area contributed by atoms with Gasteiger partial charge in [0.15, 0.2) is 5.75 Å². The van der Waals surface area contributed by atoms with Crippen molar-refractivity contribution in [1.29, 1.82) is 0 Å². The molecule has 0 bridgehead atoms. The summed E-state index contributed by atoms with van der Waals surface area (Å²) in [5.41, 5.74) is 0.137. The summed E-state index contributed by atoms with van der Waals surface area (Å²) >= 11 is 0. The minimum atomic E-state index is -0.593. The summed E-state index contributed by atoms with van der Waals surface area (Å²) in [4.78, 5) is 11.6. The van der Waals surface area contributed by atoms with Gasteiger partial charge in [0.1, 0.15) is 5.69 Å². The normalized spacial score (nSPS) is 9.69. The van der Waals surface area contributed by atoms with Crippen molar-refractivity contribution in [1.82, 2.24) is 0 Å². The van der Waals surface area contributed by atoms with E-state index in [1.54, 1.807) is 31.1 Å². The van der Waals surface area contributed by atoms with Crippen LogP contribution in [0.4, 0.5) is 11.4 Å². The molecule has 0 radical (unpaired) electrons. The van der Waals surface area contributed by atoms with E-state index in [1.807, 2.05) is 0 Å². The fourth-order valence-electron chi connectivity index (χ4n) is 1.07. The zero-order valence-corrected chi connectivity index (χ0v) is 7.39. The largest absolute Gasteiger partial charge is 0.502 e. The minimum Gasteiger partial charge on any atom is -0.502 e. The fraction of sp³-hybridized carbons (Fsp3) is 0.250. The van der Waals surface area contributed by atoms with Gasteiger partial charge in [-0.2, -0.15) is 0 Å². The summed E-state index contributed by atoms with van der Waals surface area (Å²) in [6.45, 7) is 0. The number of nitro benzene ring substituents is 1. The summed E-state index contributed by atoms with van der Waals surface area (Å²) in [7, 11) is 3.36. The number of phenols is 1. The molecule has 0 saturated heterocycles. The van der Waals surface area contributed by atoms with Crippen LogP contribution in [0.1, 0.15) is 0 Å². The Morgan fingerprint density at radius 3 is 2.46 bits per heavy atom. The van der Waals surface area contributed by atoms with Gasteiger partial charge in [-0.1, -0.05) is 6.07 Å². The third-order valence-electron chi connectivity index (χ3n) is 1.66. The van der Waals surface area contributed by atoms with Crippen LogP contribution in [-0.2, 0) is 0 Å². The first-order valence-electron chi connectivity index (χ1n) is 3.67. The highest BCUT2D eigenvalue weighted by molar-refractivity contribution is 5.68. The molecule has 0 spiro atoms. The van der Waals surface area contributed by atoms with Gasteiger partial charge in [-0.3, -0.25) is 10.1 Å². The van der Waals surface area contributed by atoms with Crippen LogP contribution in [0.15, 0.2) is 18.2 Å². The number of anilines is 1. The minimum absolute atomic E-state index is 0.257. The number of phenolic OH excluding ortho intramolecular Hbond substituents is 1. The first kappa shape index (κ1) is 9.31. The summed E-state index contributed by atoms with van der Waals surface area (Å²) in [5, 5.41) is 19.8. The van der Waals surface area contributed by atoms with Crippen LogP contribution in [0.3, 0.4) is 0 Å². The topological polar surface area (TPSA) is 66.6 Å². The predicted octanol–water partition coefficient (Wildman–Crippen LogP) is 1.37. The van der Waals surface area contributed by atoms with Crippen LogP contribution < -0.4 is 4.90 Å². The molecule has 0 fully saturated rings. The molecule has 5 nitrogen and oxygen atoms in total. The third kappa shape index (κ3) is 1.69. The summed E-state index contributed by atoms with van der Waals surface area (Å²) in [5.74, 6) is -0.309. The first-order chi connectivity index (χ1) is 6.04. The molecule has 0 aliphatic heterocycles. The second kappa shape index (κ2) is 3.30. The van der Waals surface area contributed by atoms with Crippen LogP contribution in [0.5, 0.6) is 5.75 Å². The van der Waals surface area contributed by atoms with Gasteiger partial charge >= 0.3 is 5.69 Å². The molecule has 0 heterocycles. The Hall–Kier alpha value is -1.78. The maximum absolute atomic E-state index is 10.6. The second-order valence-corrected chi connectivity index (χ2v) is 2.80. The van der Waals surface area contributed by atoms with Gasteiger partial charge in [0.2, 0.25) is 0 Å². The summed E-state index contributed by atoms with van der Waals surface area (Å²) < 4.78 is 0. The lowest BCUT2D eigenvalue weighted by Crippen LogP contribution is -2.10. The Bertz CT molecular complexity index is 336. The van der Waals surface area contributed by atoms with E-state index in [0.29, 0.717) is 5.69 Å². The van der Waals surface area contributed by atoms with Crippen LogP contribution >= 0.6 is 0 Å². The zero-order valence-electron chi connectivity index (χ0n) is 7.39. The lowest BCUT2D eigenvalue weighted by molar-refractivity contribution is -0.385. The average Bonchev–Trinajstić information content (AvgIpc) is 2.02. The Labute approximate surface area is 75.4 Å². The standard InChI is InChI=1S/C8H10N2O3/c1-9(2)6-4-3-5-7(11)8(6)10(12)13/h3-5,11H,1-2H3. The molecule has 1 aromatic rings. The zero-order chi connectivity index (χ0) is 10.0. The van der Waals surface area contributed by atoms with E-state index in [2.05, 4.69) is 0 Å². The fourth-order valence-corrected chi connectivity index (χ4v) is 1.07. The van der Waals surface area contributed by atoms with Crippen molar-refractivity contribution >= 4 is 11.4 Å². The van der Waals surface area contributed by atoms with Gasteiger partial charge in [-0.05, 0) is 12.1 Å². The molecule has 0 aliphatic carbocycles. The third-order valence-corrected chi connectivity index (χ3v) is 1.66. The van der Waals surface area contributed by atoms with Crippen LogP contribution in [0, 0.1) is 10.1 Å². The predicted molar refractivity (Wildman–Crippen MR) is 49.1 cm³/mol. The number of hydrogen-bond donors (Lipinski definition) is 1. The van der Waals surface area contributed by atoms with E-state index in [4.69, 9.17) is 0 Å². The molecule has 13 heavy (non-hydrogen) atoms. The number of para-hydroxylation sites is 1. The molecule has 1 rings (SSSR count). The van der Waals surface area contributed by atoms with Crippen molar-refractivity contribution in [2.75, 3.05) is 19.0 Å². The van der Waals surface area contributed by atoms with Gasteiger partial charge < -0.3 is 10.0 Å². The Kier molecular flexibility index (Phi) is 2.36. The monoisotopic (exact) mass is 182 g/mol. The molecule has 0 atom stereocenters. The highest BCUT2D eigenvalue weighted by atomic mass is 16.6. The molecule has 0 amide bonds. The first-order valence-corrected chi connectivity index (χ1v) is 3.67. The molecule has 1 aromatic carbocycles. The summed E-state index contributed by atoms with van der Waals surface area (Å²) in [6.07, 6.45) is 0. The van der Waals surface area contributed by atoms with E-state index in [1.165, 1.54) is 6.07 Å². The molecule has 0 aromatic heterocycles. The summed E-state index contributed by atoms with van der Waals surface area (Å²) in [6, 6.07) is 4.45. The average molecular weight is 182 g/mol. The Morgan fingerprint density at radius 1 is 1.46 bits per heavy atom. The van der Waals surface area contributed by atoms with Crippen LogP contribution in [0.2, 0.25) is 0 Å². The van der Waals surface area contributed by atoms with Gasteiger partial charge in [0, 0.05) is 14.1 Å². The molecule has 70 valence electrons. The van der Waals surface area contributed by atoms with E-state index >= 15 is 0 Å². The highest BCUT2D eigenvalue weighted by Gasteiger charge is 2.19. The molecular weight excluding hydrogens is 172 g/mol. The van der Waals surface area contributed by atoms with Gasteiger partial charge in [0.05, 0.1) is 4.92 Å². The smallest absolute Gasteiger partial charge is 0.333 e. The van der Waals surface area contributed by atoms with Crippen molar-refractivity contribution in [3.05, 3.63) is 28.3 Å². The lowest BCUT2D eigenvalue weighted by atomic mass is 10.2. The van der Waals surface area contributed by atoms with E-state index in [9.17, 15) is 15.2 Å². The number of rotatable bonds is 2.